The summed E-state index contributed by atoms with van der Waals surface area (Å²) < 4.78 is 10.5. The Morgan fingerprint density at radius 1 is 0.766 bits per heavy atom. The van der Waals surface area contributed by atoms with Crippen molar-refractivity contribution in [3.05, 3.63) is 77.9 Å². The molecular formula is C35H43N3O9. The summed E-state index contributed by atoms with van der Waals surface area (Å²) in [5.41, 5.74) is 0.590. The molecule has 0 unspecified atom stereocenters. The van der Waals surface area contributed by atoms with Crippen molar-refractivity contribution >= 4 is 40.6 Å². The normalized spacial score (nSPS) is 12.5. The van der Waals surface area contributed by atoms with Crippen molar-refractivity contribution in [2.24, 2.45) is 0 Å². The molecule has 3 aromatic rings. The summed E-state index contributed by atoms with van der Waals surface area (Å²) in [6.45, 7) is 7.59. The van der Waals surface area contributed by atoms with Crippen LogP contribution in [0.15, 0.2) is 66.7 Å². The molecule has 47 heavy (non-hydrogen) atoms. The fraction of sp³-hybridized carbons (Fsp3) is 0.400. The van der Waals surface area contributed by atoms with Crippen LogP contribution in [0.3, 0.4) is 0 Å². The monoisotopic (exact) mass is 649 g/mol. The Balaban J connectivity index is 1.87. The molecule has 3 aromatic carbocycles. The zero-order valence-electron chi connectivity index (χ0n) is 27.1. The number of rotatable bonds is 16. The predicted molar refractivity (Wildman–Crippen MR) is 175 cm³/mol. The van der Waals surface area contributed by atoms with Gasteiger partial charge < -0.3 is 35.6 Å². The minimum atomic E-state index is -2.09. The number of aliphatic carboxylic acids is 2. The maximum Gasteiger partial charge on any atom is 0.408 e. The van der Waals surface area contributed by atoms with Gasteiger partial charge in [0, 0.05) is 19.4 Å². The maximum absolute atomic E-state index is 13.9. The number of unbranched alkanes of at least 4 members (excludes halogenated alkanes) is 2. The van der Waals surface area contributed by atoms with Gasteiger partial charge in [-0.05, 0) is 61.2 Å². The zero-order chi connectivity index (χ0) is 34.6. The first kappa shape index (κ1) is 36.3. The lowest BCUT2D eigenvalue weighted by Crippen LogP contribution is -2.55. The number of benzene rings is 3. The Labute approximate surface area is 273 Å². The van der Waals surface area contributed by atoms with Crippen LogP contribution in [-0.2, 0) is 36.8 Å². The van der Waals surface area contributed by atoms with Gasteiger partial charge in [0.05, 0.1) is 0 Å². The van der Waals surface area contributed by atoms with E-state index in [1.165, 1.54) is 12.1 Å². The molecule has 0 aromatic heterocycles. The largest absolute Gasteiger partial charge is 0.478 e. The van der Waals surface area contributed by atoms with E-state index in [0.717, 1.165) is 35.6 Å². The van der Waals surface area contributed by atoms with Crippen molar-refractivity contribution in [2.75, 3.05) is 6.54 Å². The van der Waals surface area contributed by atoms with Crippen molar-refractivity contribution in [1.29, 1.82) is 0 Å². The third kappa shape index (κ3) is 11.6. The highest BCUT2D eigenvalue weighted by atomic mass is 16.6. The van der Waals surface area contributed by atoms with Gasteiger partial charge in [0.15, 0.2) is 0 Å². The average Bonchev–Trinajstić information content (AvgIpc) is 3.00. The Bertz CT molecular complexity index is 1530. The van der Waals surface area contributed by atoms with Crippen LogP contribution in [-0.4, -0.2) is 70.4 Å². The molecule has 3 rings (SSSR count). The van der Waals surface area contributed by atoms with Gasteiger partial charge in [-0.1, -0.05) is 74.4 Å². The third-order valence-corrected chi connectivity index (χ3v) is 7.09. The number of carboxylic acid groups (broad SMARTS) is 2. The number of hydrogen-bond donors (Lipinski definition) is 5. The van der Waals surface area contributed by atoms with Crippen molar-refractivity contribution in [1.82, 2.24) is 16.0 Å². The van der Waals surface area contributed by atoms with Gasteiger partial charge in [-0.2, -0.15) is 0 Å². The molecule has 0 fully saturated rings. The van der Waals surface area contributed by atoms with Gasteiger partial charge in [-0.3, -0.25) is 9.59 Å². The van der Waals surface area contributed by atoms with Crippen LogP contribution >= 0.6 is 0 Å². The molecule has 12 heteroatoms. The van der Waals surface area contributed by atoms with Crippen molar-refractivity contribution < 1.29 is 43.7 Å². The summed E-state index contributed by atoms with van der Waals surface area (Å²) in [7, 11) is 0. The minimum absolute atomic E-state index is 0.00450. The number of carbonyl (C=O) groups is 5. The standard InChI is InChI=1S/C35H43N3O9/c1-5-6-9-19-36-30(39)27(20-22-15-17-25(18-16-22)46-29(32(41)42)33(43)44)37-31(40)28(38-34(45)47-35(2,3)4)21-24-13-10-12-23-11-7-8-14-26(23)24/h7-8,10-18,27-29H,5-6,9,19-21H2,1-4H3,(H,36,39)(H,37,40)(H,38,45)(H,41,42)(H,43,44)/t27-,28-/m0/s1. The van der Waals surface area contributed by atoms with Crippen molar-refractivity contribution in [2.45, 2.75) is 83.6 Å². The second-order valence-electron chi connectivity index (χ2n) is 12.1. The quantitative estimate of drug-likeness (QED) is 0.112. The van der Waals surface area contributed by atoms with Gasteiger partial charge in [0.1, 0.15) is 23.4 Å². The summed E-state index contributed by atoms with van der Waals surface area (Å²) in [5, 5.41) is 28.5. The smallest absolute Gasteiger partial charge is 0.408 e. The molecule has 0 bridgehead atoms. The van der Waals surface area contributed by atoms with E-state index in [1.54, 1.807) is 32.9 Å². The summed E-state index contributed by atoms with van der Waals surface area (Å²) in [4.78, 5) is 62.5. The van der Waals surface area contributed by atoms with Crippen molar-refractivity contribution in [3.8, 4) is 5.75 Å². The second-order valence-corrected chi connectivity index (χ2v) is 12.1. The Hall–Kier alpha value is -5.13. The number of ether oxygens (including phenoxy) is 2. The lowest BCUT2D eigenvalue weighted by molar-refractivity contribution is -0.159. The van der Waals surface area contributed by atoms with E-state index in [2.05, 4.69) is 16.0 Å². The molecular weight excluding hydrogens is 606 g/mol. The minimum Gasteiger partial charge on any atom is -0.478 e. The fourth-order valence-electron chi connectivity index (χ4n) is 4.82. The van der Waals surface area contributed by atoms with E-state index < -0.39 is 53.6 Å². The summed E-state index contributed by atoms with van der Waals surface area (Å²) in [6, 6.07) is 17.1. The summed E-state index contributed by atoms with van der Waals surface area (Å²) in [5.74, 6) is -4.31. The van der Waals surface area contributed by atoms with E-state index in [0.29, 0.717) is 12.1 Å². The molecule has 12 nitrogen and oxygen atoms in total. The number of hydrogen-bond acceptors (Lipinski definition) is 7. The molecule has 5 N–H and O–H groups in total. The number of alkyl carbamates (subject to hydrolysis) is 1. The van der Waals surface area contributed by atoms with Crippen LogP contribution in [0.5, 0.6) is 5.75 Å². The van der Waals surface area contributed by atoms with Crippen molar-refractivity contribution in [3.63, 3.8) is 0 Å². The van der Waals surface area contributed by atoms with Gasteiger partial charge in [-0.15, -0.1) is 0 Å². The number of amides is 3. The molecule has 0 aliphatic rings. The molecule has 252 valence electrons. The van der Waals surface area contributed by atoms with E-state index in [-0.39, 0.29) is 18.6 Å². The molecule has 0 saturated heterocycles. The van der Waals surface area contributed by atoms with Crippen LogP contribution in [0.25, 0.3) is 10.8 Å². The van der Waals surface area contributed by atoms with E-state index in [4.69, 9.17) is 19.7 Å². The van der Waals surface area contributed by atoms with E-state index in [1.807, 2.05) is 49.4 Å². The number of fused-ring (bicyclic) bond motifs is 1. The molecule has 2 atom stereocenters. The molecule has 0 heterocycles. The van der Waals surface area contributed by atoms with Crippen LogP contribution in [0.4, 0.5) is 4.79 Å². The van der Waals surface area contributed by atoms with E-state index in [9.17, 15) is 24.0 Å². The first-order valence-corrected chi connectivity index (χ1v) is 15.5. The highest BCUT2D eigenvalue weighted by Crippen LogP contribution is 2.21. The predicted octanol–water partition coefficient (Wildman–Crippen LogP) is 4.23. The maximum atomic E-state index is 13.9. The Morgan fingerprint density at radius 3 is 2.04 bits per heavy atom. The molecule has 3 amide bonds. The molecule has 0 spiro atoms. The Morgan fingerprint density at radius 2 is 1.40 bits per heavy atom. The summed E-state index contributed by atoms with van der Waals surface area (Å²) >= 11 is 0. The molecule has 0 aliphatic carbocycles. The lowest BCUT2D eigenvalue weighted by Gasteiger charge is -2.26. The first-order chi connectivity index (χ1) is 22.3. The van der Waals surface area contributed by atoms with E-state index >= 15 is 0 Å². The van der Waals surface area contributed by atoms with Crippen LogP contribution in [0.2, 0.25) is 0 Å². The highest BCUT2D eigenvalue weighted by molar-refractivity contribution is 5.96. The lowest BCUT2D eigenvalue weighted by atomic mass is 9.98. The third-order valence-electron chi connectivity index (χ3n) is 7.09. The zero-order valence-corrected chi connectivity index (χ0v) is 27.1. The highest BCUT2D eigenvalue weighted by Gasteiger charge is 2.30. The first-order valence-electron chi connectivity index (χ1n) is 15.5. The van der Waals surface area contributed by atoms with Gasteiger partial charge >= 0.3 is 18.0 Å². The van der Waals surface area contributed by atoms with Crippen LogP contribution < -0.4 is 20.7 Å². The van der Waals surface area contributed by atoms with Gasteiger partial charge in [0.25, 0.3) is 6.10 Å². The molecule has 0 aliphatic heterocycles. The van der Waals surface area contributed by atoms with Gasteiger partial charge in [-0.25, -0.2) is 14.4 Å². The molecule has 0 saturated carbocycles. The number of carboxylic acids is 2. The average molecular weight is 650 g/mol. The fourth-order valence-corrected chi connectivity index (χ4v) is 4.82. The Kier molecular flexibility index (Phi) is 13.1. The number of carbonyl (C=O) groups excluding carboxylic acids is 3. The number of nitrogens with one attached hydrogen (secondary N) is 3. The molecule has 0 radical (unpaired) electrons. The SMILES string of the molecule is CCCCCNC(=O)[C@H](Cc1ccc(OC(C(=O)O)C(=O)O)cc1)NC(=O)[C@H](Cc1cccc2ccccc12)NC(=O)OC(C)(C)C. The topological polar surface area (TPSA) is 180 Å². The second kappa shape index (κ2) is 17.0. The van der Waals surface area contributed by atoms with Gasteiger partial charge in [0.2, 0.25) is 11.8 Å². The van der Waals surface area contributed by atoms with Crippen LogP contribution in [0, 0.1) is 0 Å². The van der Waals surface area contributed by atoms with Crippen LogP contribution in [0.1, 0.15) is 58.1 Å². The summed E-state index contributed by atoms with van der Waals surface area (Å²) in [6.07, 6.45) is -0.0702.